The van der Waals surface area contributed by atoms with Gasteiger partial charge in [0.05, 0.1) is 11.7 Å². The maximum Gasteiger partial charge on any atom is 0.144 e. The van der Waals surface area contributed by atoms with Crippen molar-refractivity contribution in [3.8, 4) is 11.1 Å². The van der Waals surface area contributed by atoms with E-state index in [1.54, 1.807) is 0 Å². The van der Waals surface area contributed by atoms with E-state index in [1.807, 2.05) is 6.07 Å². The number of para-hydroxylation sites is 1. The third kappa shape index (κ3) is 4.85. The van der Waals surface area contributed by atoms with Gasteiger partial charge in [0.15, 0.2) is 0 Å². The van der Waals surface area contributed by atoms with Crippen molar-refractivity contribution in [2.45, 2.75) is 25.8 Å². The third-order valence-electron chi connectivity index (χ3n) is 10.7. The Morgan fingerprint density at radius 2 is 1.25 bits per heavy atom. The maximum atomic E-state index is 6.62. The molecule has 0 spiro atoms. The van der Waals surface area contributed by atoms with Crippen LogP contribution in [0.25, 0.3) is 71.1 Å². The lowest BCUT2D eigenvalue weighted by atomic mass is 9.84. The van der Waals surface area contributed by atoms with Crippen molar-refractivity contribution in [2.24, 2.45) is 0 Å². The summed E-state index contributed by atoms with van der Waals surface area (Å²) in [5.74, 6) is 0. The van der Waals surface area contributed by atoms with Crippen molar-refractivity contribution >= 4 is 60.0 Å². The first kappa shape index (κ1) is 29.7. The second-order valence-corrected chi connectivity index (χ2v) is 13.8. The molecule has 0 amide bonds. The van der Waals surface area contributed by atoms with Crippen LogP contribution in [-0.4, -0.2) is 6.04 Å². The largest absolute Gasteiger partial charge is 0.455 e. The van der Waals surface area contributed by atoms with E-state index < -0.39 is 0 Å². The van der Waals surface area contributed by atoms with Crippen LogP contribution in [0.4, 0.5) is 0 Å². The van der Waals surface area contributed by atoms with Crippen molar-refractivity contribution in [2.75, 3.05) is 0 Å². The summed E-state index contributed by atoms with van der Waals surface area (Å²) in [6.45, 7) is 2.15. The fraction of sp³-hybridized carbons (Fsp3) is 0.0833. The van der Waals surface area contributed by atoms with Gasteiger partial charge in [0, 0.05) is 21.7 Å². The summed E-state index contributed by atoms with van der Waals surface area (Å²) in [5, 5.41) is 9.84. The molecular weight excluding hydrogens is 621 g/mol. The van der Waals surface area contributed by atoms with Gasteiger partial charge in [-0.1, -0.05) is 151 Å². The summed E-state index contributed by atoms with van der Waals surface area (Å²) in [7, 11) is 0. The molecule has 3 nitrogen and oxygen atoms in total. The Kier molecular flexibility index (Phi) is 7.00. The van der Waals surface area contributed by atoms with Gasteiger partial charge in [-0.25, -0.2) is 5.43 Å². The molecule has 8 aromatic rings. The van der Waals surface area contributed by atoms with Gasteiger partial charge in [0.25, 0.3) is 0 Å². The number of furan rings is 1. The van der Waals surface area contributed by atoms with E-state index in [2.05, 4.69) is 169 Å². The molecule has 7 aromatic carbocycles. The van der Waals surface area contributed by atoms with Gasteiger partial charge >= 0.3 is 0 Å². The fourth-order valence-electron chi connectivity index (χ4n) is 8.37. The fourth-order valence-corrected chi connectivity index (χ4v) is 8.37. The minimum Gasteiger partial charge on any atom is -0.455 e. The van der Waals surface area contributed by atoms with Gasteiger partial charge in [-0.3, -0.25) is 0 Å². The highest BCUT2D eigenvalue weighted by molar-refractivity contribution is 6.34. The van der Waals surface area contributed by atoms with Crippen LogP contribution in [0, 0.1) is 6.92 Å². The maximum absolute atomic E-state index is 6.62. The molecule has 0 bridgehead atoms. The Hall–Kier alpha value is -6.16. The molecule has 3 aliphatic rings. The molecule has 0 saturated carbocycles. The van der Waals surface area contributed by atoms with Crippen LogP contribution < -0.4 is 10.9 Å². The zero-order chi connectivity index (χ0) is 33.9. The molecule has 2 N–H and O–H groups in total. The lowest BCUT2D eigenvalue weighted by Gasteiger charge is -2.23. The summed E-state index contributed by atoms with van der Waals surface area (Å²) < 4.78 is 6.62. The number of fused-ring (bicyclic) bond motifs is 12. The minimum absolute atomic E-state index is 0.298. The molecule has 51 heavy (non-hydrogen) atoms. The molecule has 0 fully saturated rings. The summed E-state index contributed by atoms with van der Waals surface area (Å²) in [6, 6.07) is 47.8. The molecule has 2 aliphatic carbocycles. The SMILES string of the molecule is C1=CC2=C(C=CC3=C(c4ccccc4)NNC23)CC1.Cc1cccc(-c2cc3c4ccccc4c4ccccc4c3c3oc4ccccc4c23)c1. The summed E-state index contributed by atoms with van der Waals surface area (Å²) in [4.78, 5) is 0. The highest BCUT2D eigenvalue weighted by Crippen LogP contribution is 2.46. The molecule has 1 unspecified atom stereocenters. The molecule has 1 aliphatic heterocycles. The second-order valence-electron chi connectivity index (χ2n) is 13.8. The van der Waals surface area contributed by atoms with Crippen molar-refractivity contribution in [3.05, 3.63) is 186 Å². The number of benzene rings is 7. The van der Waals surface area contributed by atoms with E-state index in [0.29, 0.717) is 6.04 Å². The highest BCUT2D eigenvalue weighted by atomic mass is 16.3. The van der Waals surface area contributed by atoms with Gasteiger partial charge in [0.1, 0.15) is 11.2 Å². The van der Waals surface area contributed by atoms with Crippen LogP contribution in [-0.2, 0) is 0 Å². The van der Waals surface area contributed by atoms with Gasteiger partial charge < -0.3 is 9.84 Å². The zero-order valence-corrected chi connectivity index (χ0v) is 28.4. The minimum atomic E-state index is 0.298. The Labute approximate surface area is 296 Å². The molecule has 1 atom stereocenters. The first-order valence-electron chi connectivity index (χ1n) is 17.9. The van der Waals surface area contributed by atoms with E-state index in [4.69, 9.17) is 4.42 Å². The number of allylic oxidation sites excluding steroid dienone is 3. The van der Waals surface area contributed by atoms with E-state index >= 15 is 0 Å². The van der Waals surface area contributed by atoms with E-state index in [1.165, 1.54) is 82.4 Å². The van der Waals surface area contributed by atoms with Crippen LogP contribution in [0.5, 0.6) is 0 Å². The zero-order valence-electron chi connectivity index (χ0n) is 28.4. The van der Waals surface area contributed by atoms with Gasteiger partial charge in [-0.2, -0.15) is 0 Å². The topological polar surface area (TPSA) is 37.2 Å². The van der Waals surface area contributed by atoms with E-state index in [-0.39, 0.29) is 0 Å². The molecule has 3 heteroatoms. The molecule has 244 valence electrons. The van der Waals surface area contributed by atoms with Gasteiger partial charge in [-0.15, -0.1) is 0 Å². The normalized spacial score (nSPS) is 16.5. The number of aryl methyl sites for hydroxylation is 1. The van der Waals surface area contributed by atoms with Crippen molar-refractivity contribution < 1.29 is 4.42 Å². The molecule has 1 aromatic heterocycles. The van der Waals surface area contributed by atoms with Crippen LogP contribution in [0.3, 0.4) is 0 Å². The monoisotopic (exact) mass is 656 g/mol. The summed E-state index contributed by atoms with van der Waals surface area (Å²) in [6.07, 6.45) is 11.4. The predicted molar refractivity (Wildman–Crippen MR) is 214 cm³/mol. The number of hydrazine groups is 1. The quantitative estimate of drug-likeness (QED) is 0.182. The lowest BCUT2D eigenvalue weighted by Crippen LogP contribution is -2.35. The average molecular weight is 657 g/mol. The first-order valence-corrected chi connectivity index (χ1v) is 17.9. The first-order chi connectivity index (χ1) is 25.2. The Bertz CT molecular complexity index is 2810. The molecule has 0 saturated heterocycles. The number of rotatable bonds is 2. The third-order valence-corrected chi connectivity index (χ3v) is 10.7. The van der Waals surface area contributed by atoms with E-state index in [9.17, 15) is 0 Å². The van der Waals surface area contributed by atoms with Crippen LogP contribution in [0.2, 0.25) is 0 Å². The van der Waals surface area contributed by atoms with Crippen molar-refractivity contribution in [3.63, 3.8) is 0 Å². The molecular formula is C48H36N2O. The summed E-state index contributed by atoms with van der Waals surface area (Å²) >= 11 is 0. The summed E-state index contributed by atoms with van der Waals surface area (Å²) in [5.41, 5.74) is 19.1. The van der Waals surface area contributed by atoms with Crippen LogP contribution >= 0.6 is 0 Å². The van der Waals surface area contributed by atoms with Gasteiger partial charge in [0.2, 0.25) is 0 Å². The highest BCUT2D eigenvalue weighted by Gasteiger charge is 2.30. The number of hydrogen-bond acceptors (Lipinski definition) is 3. The predicted octanol–water partition coefficient (Wildman–Crippen LogP) is 12.1. The number of nitrogens with one attached hydrogen (secondary N) is 2. The molecule has 0 radical (unpaired) electrons. The average Bonchev–Trinajstić information content (AvgIpc) is 3.81. The molecule has 11 rings (SSSR count). The van der Waals surface area contributed by atoms with Crippen molar-refractivity contribution in [1.29, 1.82) is 0 Å². The Balaban J connectivity index is 0.000000147. The van der Waals surface area contributed by atoms with Crippen molar-refractivity contribution in [1.82, 2.24) is 10.9 Å². The second kappa shape index (κ2) is 12.0. The number of hydrogen-bond donors (Lipinski definition) is 2. The Morgan fingerprint density at radius 1 is 0.569 bits per heavy atom. The lowest BCUT2D eigenvalue weighted by molar-refractivity contribution is 0.633. The van der Waals surface area contributed by atoms with Crippen LogP contribution in [0.15, 0.2) is 179 Å². The van der Waals surface area contributed by atoms with Crippen LogP contribution in [0.1, 0.15) is 24.0 Å². The smallest absolute Gasteiger partial charge is 0.144 e. The Morgan fingerprint density at radius 3 is 2.06 bits per heavy atom. The van der Waals surface area contributed by atoms with E-state index in [0.717, 1.165) is 29.4 Å². The molecule has 2 heterocycles. The standard InChI is InChI=1S/C31H20O.C17H16N2/c1-19-9-8-10-20(17-19)26-18-27-23-13-3-2-11-21(23)22-12-4-5-14-24(22)29(27)31-30(26)25-15-6-7-16-28(25)32-31;1-2-7-13(8-3-1)16-15-11-10-12-6-4-5-9-14(12)17(15)19-18-16/h2-18H,1H3;1-3,5,7-11,17-19H,4,6H2. The van der Waals surface area contributed by atoms with Gasteiger partial charge in [-0.05, 0) is 86.7 Å².